The standard InChI is InChI=1S/C15H20N4O3/c20-13-8-10(9-19(13)11-4-1-2-5-11)14(21)17-18-15(22)12-6-3-7-16-12/h3,6-7,10-11,16H,1-2,4-5,8-9H2,(H,17,21)(H,18,22). The summed E-state index contributed by atoms with van der Waals surface area (Å²) in [5, 5.41) is 0. The molecule has 3 amide bonds. The molecule has 2 aliphatic rings. The van der Waals surface area contributed by atoms with Crippen molar-refractivity contribution < 1.29 is 14.4 Å². The van der Waals surface area contributed by atoms with Crippen molar-refractivity contribution >= 4 is 17.7 Å². The van der Waals surface area contributed by atoms with E-state index >= 15 is 0 Å². The fourth-order valence-electron chi connectivity index (χ4n) is 3.24. The zero-order chi connectivity index (χ0) is 15.5. The zero-order valence-electron chi connectivity index (χ0n) is 12.3. The molecule has 1 aromatic heterocycles. The van der Waals surface area contributed by atoms with Crippen LogP contribution in [0.15, 0.2) is 18.3 Å². The minimum atomic E-state index is -0.407. The topological polar surface area (TPSA) is 94.3 Å². The molecular formula is C15H20N4O3. The van der Waals surface area contributed by atoms with Crippen LogP contribution in [0.3, 0.4) is 0 Å². The van der Waals surface area contributed by atoms with Gasteiger partial charge in [-0.15, -0.1) is 0 Å². The Kier molecular flexibility index (Phi) is 4.13. The summed E-state index contributed by atoms with van der Waals surface area (Å²) < 4.78 is 0. The molecule has 3 N–H and O–H groups in total. The Morgan fingerprint density at radius 1 is 1.23 bits per heavy atom. The third kappa shape index (κ3) is 2.98. The van der Waals surface area contributed by atoms with E-state index < -0.39 is 11.8 Å². The summed E-state index contributed by atoms with van der Waals surface area (Å²) in [6, 6.07) is 3.60. The number of aromatic nitrogens is 1. The third-order valence-corrected chi connectivity index (χ3v) is 4.44. The largest absolute Gasteiger partial charge is 0.357 e. The Bertz CT molecular complexity index is 563. The second kappa shape index (κ2) is 6.21. The first kappa shape index (κ1) is 14.6. The van der Waals surface area contributed by atoms with Gasteiger partial charge in [0, 0.05) is 25.2 Å². The lowest BCUT2D eigenvalue weighted by Crippen LogP contribution is -2.45. The highest BCUT2D eigenvalue weighted by Gasteiger charge is 2.38. The van der Waals surface area contributed by atoms with Gasteiger partial charge in [0.2, 0.25) is 11.8 Å². The van der Waals surface area contributed by atoms with Gasteiger partial charge in [0.1, 0.15) is 5.69 Å². The van der Waals surface area contributed by atoms with Gasteiger partial charge in [-0.1, -0.05) is 12.8 Å². The minimum Gasteiger partial charge on any atom is -0.357 e. The summed E-state index contributed by atoms with van der Waals surface area (Å²) in [4.78, 5) is 40.5. The highest BCUT2D eigenvalue weighted by atomic mass is 16.2. The van der Waals surface area contributed by atoms with Crippen molar-refractivity contribution in [1.82, 2.24) is 20.7 Å². The van der Waals surface area contributed by atoms with Crippen LogP contribution in [-0.4, -0.2) is 40.2 Å². The zero-order valence-corrected chi connectivity index (χ0v) is 12.3. The van der Waals surface area contributed by atoms with E-state index in [1.807, 2.05) is 4.90 Å². The molecule has 2 fully saturated rings. The average Bonchev–Trinajstić information content (AvgIpc) is 3.24. The summed E-state index contributed by atoms with van der Waals surface area (Å²) in [7, 11) is 0. The van der Waals surface area contributed by atoms with Gasteiger partial charge < -0.3 is 9.88 Å². The molecule has 2 heterocycles. The van der Waals surface area contributed by atoms with Crippen LogP contribution in [0.1, 0.15) is 42.6 Å². The highest BCUT2D eigenvalue weighted by molar-refractivity contribution is 5.95. The van der Waals surface area contributed by atoms with E-state index in [4.69, 9.17) is 0 Å². The molecule has 1 saturated heterocycles. The van der Waals surface area contributed by atoms with Gasteiger partial charge in [-0.25, -0.2) is 0 Å². The first-order chi connectivity index (χ1) is 10.6. The SMILES string of the molecule is O=C(NNC(=O)C1CC(=O)N(C2CCCC2)C1)c1ccc[nH]1. The lowest BCUT2D eigenvalue weighted by atomic mass is 10.1. The Labute approximate surface area is 128 Å². The van der Waals surface area contributed by atoms with Gasteiger partial charge in [0.15, 0.2) is 0 Å². The maximum Gasteiger partial charge on any atom is 0.286 e. The molecule has 22 heavy (non-hydrogen) atoms. The van der Waals surface area contributed by atoms with E-state index in [1.54, 1.807) is 18.3 Å². The van der Waals surface area contributed by atoms with Gasteiger partial charge >= 0.3 is 0 Å². The Hall–Kier alpha value is -2.31. The Morgan fingerprint density at radius 2 is 2.00 bits per heavy atom. The first-order valence-corrected chi connectivity index (χ1v) is 7.68. The Morgan fingerprint density at radius 3 is 2.68 bits per heavy atom. The number of likely N-dealkylation sites (tertiary alicyclic amines) is 1. The van der Waals surface area contributed by atoms with Gasteiger partial charge in [-0.3, -0.25) is 25.2 Å². The third-order valence-electron chi connectivity index (χ3n) is 4.44. The number of amides is 3. The summed E-state index contributed by atoms with van der Waals surface area (Å²) >= 11 is 0. The molecule has 1 unspecified atom stereocenters. The van der Waals surface area contributed by atoms with E-state index in [2.05, 4.69) is 15.8 Å². The van der Waals surface area contributed by atoms with Gasteiger partial charge in [-0.05, 0) is 25.0 Å². The summed E-state index contributed by atoms with van der Waals surface area (Å²) in [6.07, 6.45) is 6.22. The predicted molar refractivity (Wildman–Crippen MR) is 78.5 cm³/mol. The number of aromatic amines is 1. The van der Waals surface area contributed by atoms with E-state index in [0.29, 0.717) is 18.3 Å². The van der Waals surface area contributed by atoms with Crippen molar-refractivity contribution in [2.24, 2.45) is 5.92 Å². The minimum absolute atomic E-state index is 0.0442. The molecule has 0 spiro atoms. The van der Waals surface area contributed by atoms with E-state index in [-0.39, 0.29) is 18.2 Å². The molecule has 118 valence electrons. The van der Waals surface area contributed by atoms with Crippen LogP contribution in [0, 0.1) is 5.92 Å². The molecule has 0 aromatic carbocycles. The van der Waals surface area contributed by atoms with Crippen LogP contribution < -0.4 is 10.9 Å². The van der Waals surface area contributed by atoms with Crippen molar-refractivity contribution in [3.8, 4) is 0 Å². The number of rotatable bonds is 3. The van der Waals surface area contributed by atoms with E-state index in [1.165, 1.54) is 0 Å². The van der Waals surface area contributed by atoms with Crippen LogP contribution in [0.25, 0.3) is 0 Å². The average molecular weight is 304 g/mol. The van der Waals surface area contributed by atoms with Crippen molar-refractivity contribution in [3.05, 3.63) is 24.0 Å². The summed E-state index contributed by atoms with van der Waals surface area (Å²) in [5.74, 6) is -1.07. The highest BCUT2D eigenvalue weighted by Crippen LogP contribution is 2.29. The number of hydrazine groups is 1. The van der Waals surface area contributed by atoms with Crippen LogP contribution in [0.4, 0.5) is 0 Å². The number of nitrogens with one attached hydrogen (secondary N) is 3. The second-order valence-electron chi connectivity index (χ2n) is 5.91. The quantitative estimate of drug-likeness (QED) is 0.712. The molecular weight excluding hydrogens is 284 g/mol. The van der Waals surface area contributed by atoms with Crippen LogP contribution in [-0.2, 0) is 9.59 Å². The van der Waals surface area contributed by atoms with Crippen LogP contribution in [0.2, 0.25) is 0 Å². The number of hydrogen-bond donors (Lipinski definition) is 3. The molecule has 0 bridgehead atoms. The number of carbonyl (C=O) groups is 3. The smallest absolute Gasteiger partial charge is 0.286 e. The monoisotopic (exact) mass is 304 g/mol. The maximum atomic E-state index is 12.1. The fourth-order valence-corrected chi connectivity index (χ4v) is 3.24. The first-order valence-electron chi connectivity index (χ1n) is 7.68. The molecule has 0 radical (unpaired) electrons. The summed E-state index contributed by atoms with van der Waals surface area (Å²) in [6.45, 7) is 0.452. The van der Waals surface area contributed by atoms with Crippen molar-refractivity contribution in [1.29, 1.82) is 0 Å². The van der Waals surface area contributed by atoms with Gasteiger partial charge in [-0.2, -0.15) is 0 Å². The molecule has 1 atom stereocenters. The van der Waals surface area contributed by atoms with Gasteiger partial charge in [0.05, 0.1) is 5.92 Å². The lowest BCUT2D eigenvalue weighted by molar-refractivity contribution is -0.130. The predicted octanol–water partition coefficient (Wildman–Crippen LogP) is 0.567. The Balaban J connectivity index is 1.50. The van der Waals surface area contributed by atoms with Crippen LogP contribution >= 0.6 is 0 Å². The van der Waals surface area contributed by atoms with Crippen molar-refractivity contribution in [2.45, 2.75) is 38.1 Å². The molecule has 1 aliphatic carbocycles. The molecule has 1 aliphatic heterocycles. The molecule has 3 rings (SSSR count). The fraction of sp³-hybridized carbons (Fsp3) is 0.533. The number of hydrogen-bond acceptors (Lipinski definition) is 3. The van der Waals surface area contributed by atoms with Crippen LogP contribution in [0.5, 0.6) is 0 Å². The number of H-pyrrole nitrogens is 1. The van der Waals surface area contributed by atoms with Crippen molar-refractivity contribution in [2.75, 3.05) is 6.54 Å². The molecule has 7 nitrogen and oxygen atoms in total. The molecule has 7 heteroatoms. The lowest BCUT2D eigenvalue weighted by Gasteiger charge is -2.23. The number of carbonyl (C=O) groups excluding carboxylic acids is 3. The molecule has 1 aromatic rings. The normalized spacial score (nSPS) is 22.1. The van der Waals surface area contributed by atoms with E-state index in [9.17, 15) is 14.4 Å². The van der Waals surface area contributed by atoms with Crippen molar-refractivity contribution in [3.63, 3.8) is 0 Å². The van der Waals surface area contributed by atoms with E-state index in [0.717, 1.165) is 25.7 Å². The maximum absolute atomic E-state index is 12.1. The molecule has 1 saturated carbocycles. The van der Waals surface area contributed by atoms with Gasteiger partial charge in [0.25, 0.3) is 5.91 Å². The number of nitrogens with zero attached hydrogens (tertiary/aromatic N) is 1. The second-order valence-corrected chi connectivity index (χ2v) is 5.91. The summed E-state index contributed by atoms with van der Waals surface area (Å²) in [5.41, 5.74) is 5.14.